The second kappa shape index (κ2) is 11.5. The Kier molecular flexibility index (Phi) is 9.32. The molecule has 0 unspecified atom stereocenters. The van der Waals surface area contributed by atoms with Crippen molar-refractivity contribution in [3.8, 4) is 5.75 Å². The maximum absolute atomic E-state index is 13.1. The lowest BCUT2D eigenvalue weighted by Gasteiger charge is -2.31. The molecule has 0 aliphatic carbocycles. The summed E-state index contributed by atoms with van der Waals surface area (Å²) in [6.07, 6.45) is 0.659. The number of rotatable bonds is 9. The standard InChI is InChI=1S/C26H35BrN2O3/c1-18(2)21-12-13-23(22(27)16-21)32-17-24(30)29(15-14-20-10-8-7-9-11-20)19(3)25(31)28-26(4,5)6/h7-13,16,18-19H,14-15,17H2,1-6H3,(H,28,31)/t19-/m1/s1. The number of amides is 2. The van der Waals surface area contributed by atoms with E-state index in [1.54, 1.807) is 11.8 Å². The van der Waals surface area contributed by atoms with Gasteiger partial charge in [0.2, 0.25) is 5.91 Å². The van der Waals surface area contributed by atoms with E-state index in [0.29, 0.717) is 24.6 Å². The number of carbonyl (C=O) groups excluding carboxylic acids is 2. The number of halogens is 1. The van der Waals surface area contributed by atoms with Crippen molar-refractivity contribution in [3.05, 3.63) is 64.1 Å². The smallest absolute Gasteiger partial charge is 0.261 e. The van der Waals surface area contributed by atoms with Crippen molar-refractivity contribution in [2.24, 2.45) is 0 Å². The highest BCUT2D eigenvalue weighted by atomic mass is 79.9. The molecule has 2 amide bonds. The number of carbonyl (C=O) groups is 2. The zero-order valence-corrected chi connectivity index (χ0v) is 21.5. The predicted molar refractivity (Wildman–Crippen MR) is 133 cm³/mol. The van der Waals surface area contributed by atoms with Gasteiger partial charge in [-0.15, -0.1) is 0 Å². The monoisotopic (exact) mass is 502 g/mol. The highest BCUT2D eigenvalue weighted by Gasteiger charge is 2.28. The lowest BCUT2D eigenvalue weighted by molar-refractivity contribution is -0.142. The van der Waals surface area contributed by atoms with Crippen molar-refractivity contribution in [2.45, 2.75) is 65.5 Å². The highest BCUT2D eigenvalue weighted by Crippen LogP contribution is 2.29. The molecule has 0 fully saturated rings. The van der Waals surface area contributed by atoms with E-state index in [4.69, 9.17) is 4.74 Å². The Morgan fingerprint density at radius 1 is 1.06 bits per heavy atom. The van der Waals surface area contributed by atoms with E-state index in [2.05, 4.69) is 35.1 Å². The first-order valence-corrected chi connectivity index (χ1v) is 11.8. The van der Waals surface area contributed by atoms with Crippen LogP contribution in [0.2, 0.25) is 0 Å². The van der Waals surface area contributed by atoms with Crippen LogP contribution in [0.3, 0.4) is 0 Å². The molecule has 0 saturated carbocycles. The van der Waals surface area contributed by atoms with Gasteiger partial charge >= 0.3 is 0 Å². The van der Waals surface area contributed by atoms with Crippen molar-refractivity contribution in [2.75, 3.05) is 13.2 Å². The second-order valence-electron chi connectivity index (χ2n) is 9.37. The summed E-state index contributed by atoms with van der Waals surface area (Å²) < 4.78 is 6.64. The van der Waals surface area contributed by atoms with Gasteiger partial charge in [-0.1, -0.05) is 50.2 Å². The third-order valence-electron chi connectivity index (χ3n) is 5.12. The van der Waals surface area contributed by atoms with E-state index in [0.717, 1.165) is 10.0 Å². The molecule has 174 valence electrons. The average molecular weight is 503 g/mol. The number of benzene rings is 2. The van der Waals surface area contributed by atoms with Gasteiger partial charge in [0.1, 0.15) is 11.8 Å². The molecule has 0 heterocycles. The van der Waals surface area contributed by atoms with Gasteiger partial charge in [-0.25, -0.2) is 0 Å². The zero-order valence-electron chi connectivity index (χ0n) is 19.9. The number of nitrogens with zero attached hydrogens (tertiary/aromatic N) is 1. The Bertz CT molecular complexity index is 907. The Morgan fingerprint density at radius 3 is 2.28 bits per heavy atom. The van der Waals surface area contributed by atoms with Crippen molar-refractivity contribution < 1.29 is 14.3 Å². The summed E-state index contributed by atoms with van der Waals surface area (Å²) in [6, 6.07) is 15.2. The molecule has 0 aliphatic heterocycles. The van der Waals surface area contributed by atoms with E-state index >= 15 is 0 Å². The molecule has 1 atom stereocenters. The first kappa shape index (κ1) is 25.9. The van der Waals surface area contributed by atoms with E-state index in [-0.39, 0.29) is 24.0 Å². The topological polar surface area (TPSA) is 58.6 Å². The molecule has 2 rings (SSSR count). The fourth-order valence-electron chi connectivity index (χ4n) is 3.26. The highest BCUT2D eigenvalue weighted by molar-refractivity contribution is 9.10. The summed E-state index contributed by atoms with van der Waals surface area (Å²) >= 11 is 3.54. The SMILES string of the molecule is CC(C)c1ccc(OCC(=O)N(CCc2ccccc2)[C@H](C)C(=O)NC(C)(C)C)c(Br)c1. The molecule has 5 nitrogen and oxygen atoms in total. The molecule has 0 bridgehead atoms. The average Bonchev–Trinajstić information content (AvgIpc) is 2.72. The van der Waals surface area contributed by atoms with E-state index in [9.17, 15) is 9.59 Å². The molecule has 0 radical (unpaired) electrons. The number of hydrogen-bond donors (Lipinski definition) is 1. The summed E-state index contributed by atoms with van der Waals surface area (Å²) in [6.45, 7) is 12.1. The van der Waals surface area contributed by atoms with E-state index in [1.165, 1.54) is 5.56 Å². The molecular formula is C26H35BrN2O3. The van der Waals surface area contributed by atoms with Crippen LogP contribution in [0.15, 0.2) is 53.0 Å². The minimum atomic E-state index is -0.610. The molecule has 1 N–H and O–H groups in total. The van der Waals surface area contributed by atoms with Gasteiger partial charge < -0.3 is 15.0 Å². The molecule has 0 aliphatic rings. The predicted octanol–water partition coefficient (Wildman–Crippen LogP) is 5.33. The van der Waals surface area contributed by atoms with Gasteiger partial charge in [-0.3, -0.25) is 9.59 Å². The first-order chi connectivity index (χ1) is 15.0. The molecule has 0 aromatic heterocycles. The third-order valence-corrected chi connectivity index (χ3v) is 5.74. The van der Waals surface area contributed by atoms with Gasteiger partial charge in [0, 0.05) is 12.1 Å². The van der Waals surface area contributed by atoms with Gasteiger partial charge in [0.25, 0.3) is 5.91 Å². The summed E-state index contributed by atoms with van der Waals surface area (Å²) in [7, 11) is 0. The van der Waals surface area contributed by atoms with Gasteiger partial charge in [-0.2, -0.15) is 0 Å². The summed E-state index contributed by atoms with van der Waals surface area (Å²) in [5, 5.41) is 2.97. The second-order valence-corrected chi connectivity index (χ2v) is 10.2. The van der Waals surface area contributed by atoms with Crippen LogP contribution >= 0.6 is 15.9 Å². The lowest BCUT2D eigenvalue weighted by Crippen LogP contribution is -2.53. The van der Waals surface area contributed by atoms with Crippen LogP contribution in [-0.2, 0) is 16.0 Å². The minimum Gasteiger partial charge on any atom is -0.483 e. The van der Waals surface area contributed by atoms with Crippen LogP contribution in [0.5, 0.6) is 5.75 Å². The molecule has 6 heteroatoms. The van der Waals surface area contributed by atoms with Crippen molar-refractivity contribution in [1.29, 1.82) is 0 Å². The quantitative estimate of drug-likeness (QED) is 0.504. The summed E-state index contributed by atoms with van der Waals surface area (Å²) in [5.74, 6) is 0.605. The number of hydrogen-bond acceptors (Lipinski definition) is 3. The molecule has 0 saturated heterocycles. The molecular weight excluding hydrogens is 468 g/mol. The van der Waals surface area contributed by atoms with Crippen molar-refractivity contribution in [3.63, 3.8) is 0 Å². The summed E-state index contributed by atoms with van der Waals surface area (Å²) in [5.41, 5.74) is 1.92. The van der Waals surface area contributed by atoms with Gasteiger partial charge in [-0.05, 0) is 79.2 Å². The third kappa shape index (κ3) is 7.97. The van der Waals surface area contributed by atoms with Crippen molar-refractivity contribution in [1.82, 2.24) is 10.2 Å². The largest absolute Gasteiger partial charge is 0.483 e. The number of ether oxygens (including phenoxy) is 1. The van der Waals surface area contributed by atoms with Crippen LogP contribution in [0.25, 0.3) is 0 Å². The Hall–Kier alpha value is -2.34. The summed E-state index contributed by atoms with van der Waals surface area (Å²) in [4.78, 5) is 27.5. The van der Waals surface area contributed by atoms with Crippen LogP contribution in [0, 0.1) is 0 Å². The lowest BCUT2D eigenvalue weighted by atomic mass is 10.0. The van der Waals surface area contributed by atoms with Crippen LogP contribution in [-0.4, -0.2) is 41.4 Å². The Labute approximate surface area is 200 Å². The van der Waals surface area contributed by atoms with E-state index < -0.39 is 6.04 Å². The van der Waals surface area contributed by atoms with Gasteiger partial charge in [0.05, 0.1) is 4.47 Å². The first-order valence-electron chi connectivity index (χ1n) is 11.1. The molecule has 0 spiro atoms. The zero-order chi connectivity index (χ0) is 23.9. The normalized spacial score (nSPS) is 12.4. The van der Waals surface area contributed by atoms with E-state index in [1.807, 2.05) is 69.3 Å². The maximum atomic E-state index is 13.1. The fourth-order valence-corrected chi connectivity index (χ4v) is 3.77. The Morgan fingerprint density at radius 2 is 1.72 bits per heavy atom. The van der Waals surface area contributed by atoms with Gasteiger partial charge in [0.15, 0.2) is 6.61 Å². The fraction of sp³-hybridized carbons (Fsp3) is 0.462. The number of nitrogens with one attached hydrogen (secondary N) is 1. The maximum Gasteiger partial charge on any atom is 0.261 e. The molecule has 2 aromatic rings. The van der Waals surface area contributed by atoms with Crippen LogP contribution in [0.1, 0.15) is 58.6 Å². The van der Waals surface area contributed by atoms with Crippen LogP contribution in [0.4, 0.5) is 0 Å². The Balaban J connectivity index is 2.12. The van der Waals surface area contributed by atoms with Crippen molar-refractivity contribution >= 4 is 27.7 Å². The molecule has 32 heavy (non-hydrogen) atoms. The minimum absolute atomic E-state index is 0.137. The molecule has 2 aromatic carbocycles. The van der Waals surface area contributed by atoms with Crippen LogP contribution < -0.4 is 10.1 Å².